The van der Waals surface area contributed by atoms with Gasteiger partial charge in [0, 0.05) is 29.8 Å². The van der Waals surface area contributed by atoms with Gasteiger partial charge in [-0.2, -0.15) is 0 Å². The van der Waals surface area contributed by atoms with Crippen molar-refractivity contribution in [2.45, 2.75) is 18.6 Å². The zero-order valence-corrected chi connectivity index (χ0v) is 18.6. The van der Waals surface area contributed by atoms with E-state index in [2.05, 4.69) is 4.90 Å². The van der Waals surface area contributed by atoms with Gasteiger partial charge in [-0.15, -0.1) is 0 Å². The number of nitrogens with zero attached hydrogens (tertiary/aromatic N) is 1. The van der Waals surface area contributed by atoms with Crippen LogP contribution < -0.4 is 10.4 Å². The first-order valence-corrected chi connectivity index (χ1v) is 11.6. The van der Waals surface area contributed by atoms with Gasteiger partial charge >= 0.3 is 5.63 Å². The summed E-state index contributed by atoms with van der Waals surface area (Å²) in [6, 6.07) is 26.3. The third-order valence-electron chi connectivity index (χ3n) is 6.70. The molecule has 1 fully saturated rings. The summed E-state index contributed by atoms with van der Waals surface area (Å²) in [7, 11) is 0. The molecule has 34 heavy (non-hydrogen) atoms. The number of carbonyl (C=O) groups excluding carboxylic acids is 1. The molecule has 0 saturated carbocycles. The summed E-state index contributed by atoms with van der Waals surface area (Å²) in [5.41, 5.74) is 1.15. The molecule has 5 nitrogen and oxygen atoms in total. The van der Waals surface area contributed by atoms with Crippen molar-refractivity contribution in [3.63, 3.8) is 0 Å². The molecule has 2 aliphatic heterocycles. The maximum Gasteiger partial charge on any atom is 0.347 e. The number of benzene rings is 3. The Kier molecular flexibility index (Phi) is 4.93. The molecule has 2 aliphatic rings. The molecule has 168 valence electrons. The maximum atomic E-state index is 13.4. The fourth-order valence-corrected chi connectivity index (χ4v) is 5.15. The number of carbonyl (C=O) groups is 1. The van der Waals surface area contributed by atoms with Crippen LogP contribution in [-0.2, 0) is 5.72 Å². The average molecular weight is 450 g/mol. The highest BCUT2D eigenvalue weighted by atomic mass is 16.5. The second-order valence-corrected chi connectivity index (χ2v) is 8.68. The largest absolute Gasteiger partial charge is 0.462 e. The molecule has 3 heterocycles. The van der Waals surface area contributed by atoms with Crippen LogP contribution in [0.2, 0.25) is 0 Å². The highest BCUT2D eigenvalue weighted by Crippen LogP contribution is 2.53. The van der Waals surface area contributed by atoms with Gasteiger partial charge in [0.15, 0.2) is 5.78 Å². The lowest BCUT2D eigenvalue weighted by atomic mass is 9.88. The number of rotatable bonds is 4. The Morgan fingerprint density at radius 2 is 1.50 bits per heavy atom. The van der Waals surface area contributed by atoms with E-state index in [-0.39, 0.29) is 5.78 Å². The number of hydrogen-bond acceptors (Lipinski definition) is 5. The van der Waals surface area contributed by atoms with Crippen molar-refractivity contribution >= 4 is 22.3 Å². The van der Waals surface area contributed by atoms with E-state index in [1.54, 1.807) is 24.3 Å². The number of para-hydroxylation sites is 1. The van der Waals surface area contributed by atoms with Crippen molar-refractivity contribution in [3.8, 4) is 5.75 Å². The van der Waals surface area contributed by atoms with E-state index in [1.807, 2.05) is 66.7 Å². The molecular weight excluding hydrogens is 426 g/mol. The SMILES string of the molecule is O=C(/C=C1\c2c(c3ccccc3oc2=O)OC1(c1ccccc1)N1CCCC1)c1ccccc1. The fourth-order valence-electron chi connectivity index (χ4n) is 5.15. The van der Waals surface area contributed by atoms with Gasteiger partial charge in [-0.05, 0) is 31.1 Å². The molecule has 1 unspecified atom stereocenters. The van der Waals surface area contributed by atoms with E-state index in [1.165, 1.54) is 0 Å². The Morgan fingerprint density at radius 1 is 0.853 bits per heavy atom. The van der Waals surface area contributed by atoms with Crippen molar-refractivity contribution in [2.75, 3.05) is 13.1 Å². The lowest BCUT2D eigenvalue weighted by Crippen LogP contribution is -2.48. The third kappa shape index (κ3) is 3.12. The molecule has 1 atom stereocenters. The zero-order valence-electron chi connectivity index (χ0n) is 18.6. The van der Waals surface area contributed by atoms with Crippen LogP contribution in [-0.4, -0.2) is 23.8 Å². The molecule has 0 bridgehead atoms. The lowest BCUT2D eigenvalue weighted by molar-refractivity contribution is -0.0151. The van der Waals surface area contributed by atoms with Gasteiger partial charge in [-0.1, -0.05) is 72.8 Å². The number of hydrogen-bond donors (Lipinski definition) is 0. The minimum Gasteiger partial charge on any atom is -0.462 e. The Bertz CT molecular complexity index is 1470. The lowest BCUT2D eigenvalue weighted by Gasteiger charge is -2.39. The monoisotopic (exact) mass is 449 g/mol. The topological polar surface area (TPSA) is 59.8 Å². The Morgan fingerprint density at radius 3 is 2.24 bits per heavy atom. The predicted octanol–water partition coefficient (Wildman–Crippen LogP) is 5.40. The fraction of sp³-hybridized carbons (Fsp3) is 0.172. The molecule has 5 heteroatoms. The molecule has 4 aromatic rings. The summed E-state index contributed by atoms with van der Waals surface area (Å²) >= 11 is 0. The standard InChI is InChI=1S/C29H23NO4/c31-24(20-11-3-1-4-12-20)19-23-26-27(22-15-7-8-16-25(22)33-28(26)32)34-29(23,30-17-9-10-18-30)21-13-5-2-6-14-21/h1-8,11-16,19H,9-10,17-18H2/b23-19+. The highest BCUT2D eigenvalue weighted by Gasteiger charge is 2.53. The maximum absolute atomic E-state index is 13.4. The van der Waals surface area contributed by atoms with E-state index in [0.717, 1.165) is 31.5 Å². The molecule has 1 saturated heterocycles. The first-order chi connectivity index (χ1) is 16.7. The summed E-state index contributed by atoms with van der Waals surface area (Å²) in [5.74, 6) is 0.286. The molecule has 1 aromatic heterocycles. The van der Waals surface area contributed by atoms with Crippen LogP contribution in [0, 0.1) is 0 Å². The average Bonchev–Trinajstić information content (AvgIpc) is 3.53. The number of allylic oxidation sites excluding steroid dienone is 1. The van der Waals surface area contributed by atoms with Crippen molar-refractivity contribution in [1.82, 2.24) is 4.90 Å². The van der Waals surface area contributed by atoms with Crippen molar-refractivity contribution < 1.29 is 13.9 Å². The van der Waals surface area contributed by atoms with Crippen LogP contribution in [0.3, 0.4) is 0 Å². The Labute approximate surface area is 196 Å². The molecule has 0 N–H and O–H groups in total. The second-order valence-electron chi connectivity index (χ2n) is 8.68. The molecule has 0 radical (unpaired) electrons. The van der Waals surface area contributed by atoms with E-state index < -0.39 is 11.4 Å². The summed E-state index contributed by atoms with van der Waals surface area (Å²) in [4.78, 5) is 29.0. The number of ketones is 1. The second kappa shape index (κ2) is 8.12. The summed E-state index contributed by atoms with van der Waals surface area (Å²) in [6.45, 7) is 1.59. The quantitative estimate of drug-likeness (QED) is 0.237. The summed E-state index contributed by atoms with van der Waals surface area (Å²) in [5, 5.41) is 0.715. The first-order valence-electron chi connectivity index (χ1n) is 11.6. The predicted molar refractivity (Wildman–Crippen MR) is 131 cm³/mol. The molecule has 6 rings (SSSR count). The Hall–Kier alpha value is -3.96. The van der Waals surface area contributed by atoms with E-state index >= 15 is 0 Å². The molecule has 0 amide bonds. The van der Waals surface area contributed by atoms with Gasteiger partial charge in [0.2, 0.25) is 5.72 Å². The third-order valence-corrected chi connectivity index (χ3v) is 6.70. The zero-order chi connectivity index (χ0) is 23.1. The van der Waals surface area contributed by atoms with Gasteiger partial charge in [0.05, 0.1) is 5.39 Å². The molecular formula is C29H23NO4. The Balaban J connectivity index is 1.68. The summed E-state index contributed by atoms with van der Waals surface area (Å²) in [6.07, 6.45) is 3.60. The molecule has 0 aliphatic carbocycles. The molecule has 0 spiro atoms. The van der Waals surface area contributed by atoms with Gasteiger partial charge in [0.1, 0.15) is 16.9 Å². The minimum absolute atomic E-state index is 0.181. The van der Waals surface area contributed by atoms with E-state index in [9.17, 15) is 9.59 Å². The van der Waals surface area contributed by atoms with Crippen LogP contribution in [0.15, 0.2) is 100 Å². The van der Waals surface area contributed by atoms with Crippen molar-refractivity contribution in [1.29, 1.82) is 0 Å². The number of likely N-dealkylation sites (tertiary alicyclic amines) is 1. The number of ether oxygens (including phenoxy) is 1. The summed E-state index contributed by atoms with van der Waals surface area (Å²) < 4.78 is 12.6. The van der Waals surface area contributed by atoms with Gasteiger partial charge < -0.3 is 9.15 Å². The minimum atomic E-state index is -1.09. The van der Waals surface area contributed by atoms with Crippen LogP contribution >= 0.6 is 0 Å². The van der Waals surface area contributed by atoms with Crippen molar-refractivity contribution in [3.05, 3.63) is 118 Å². The van der Waals surface area contributed by atoms with Crippen LogP contribution in [0.1, 0.15) is 34.3 Å². The van der Waals surface area contributed by atoms with Gasteiger partial charge in [0.25, 0.3) is 0 Å². The molecule has 3 aromatic carbocycles. The van der Waals surface area contributed by atoms with E-state index in [4.69, 9.17) is 9.15 Å². The number of fused-ring (bicyclic) bond motifs is 3. The van der Waals surface area contributed by atoms with Gasteiger partial charge in [-0.25, -0.2) is 4.79 Å². The van der Waals surface area contributed by atoms with Crippen LogP contribution in [0.5, 0.6) is 5.75 Å². The first kappa shape index (κ1) is 20.6. The normalized spacial score (nSPS) is 21.0. The highest BCUT2D eigenvalue weighted by molar-refractivity contribution is 6.10. The van der Waals surface area contributed by atoms with Crippen LogP contribution in [0.4, 0.5) is 0 Å². The van der Waals surface area contributed by atoms with Crippen molar-refractivity contribution in [2.24, 2.45) is 0 Å². The van der Waals surface area contributed by atoms with Gasteiger partial charge in [-0.3, -0.25) is 9.69 Å². The van der Waals surface area contributed by atoms with Crippen LogP contribution in [0.25, 0.3) is 16.5 Å². The van der Waals surface area contributed by atoms with E-state index in [0.29, 0.717) is 33.4 Å². The smallest absolute Gasteiger partial charge is 0.347 e.